The Labute approximate surface area is 145 Å². The lowest BCUT2D eigenvalue weighted by atomic mass is 10.0. The number of alkyl halides is 3. The van der Waals surface area contributed by atoms with E-state index in [0.717, 1.165) is 0 Å². The van der Waals surface area contributed by atoms with Gasteiger partial charge in [0.2, 0.25) is 5.54 Å². The molecule has 3 heterocycles. The third-order valence-corrected chi connectivity index (χ3v) is 3.80. The first-order chi connectivity index (χ1) is 12.2. The van der Waals surface area contributed by atoms with Crippen LogP contribution in [0.4, 0.5) is 19.0 Å². The molecule has 0 aromatic carbocycles. The number of nitrogens with one attached hydrogen (secondary N) is 1. The molecule has 0 radical (unpaired) electrons. The SMILES string of the molecule is C[C@@](Nc1nc(-c2ccncc2)nc2cnccc12)(C(=O)O)C(F)(F)F. The molecule has 0 aliphatic heterocycles. The summed E-state index contributed by atoms with van der Waals surface area (Å²) >= 11 is 0. The number of carboxylic acid groups (broad SMARTS) is 1. The highest BCUT2D eigenvalue weighted by Gasteiger charge is 2.58. The molecule has 0 fully saturated rings. The summed E-state index contributed by atoms with van der Waals surface area (Å²) in [6.07, 6.45) is 0.625. The molecule has 10 heteroatoms. The Morgan fingerprint density at radius 2 is 1.73 bits per heavy atom. The van der Waals surface area contributed by atoms with Crippen LogP contribution in [0.3, 0.4) is 0 Å². The Morgan fingerprint density at radius 1 is 1.08 bits per heavy atom. The van der Waals surface area contributed by atoms with Gasteiger partial charge in [-0.15, -0.1) is 0 Å². The van der Waals surface area contributed by atoms with Gasteiger partial charge in [-0.05, 0) is 25.1 Å². The summed E-state index contributed by atoms with van der Waals surface area (Å²) in [7, 11) is 0. The molecular weight excluding hydrogens is 351 g/mol. The second-order valence-electron chi connectivity index (χ2n) is 5.58. The van der Waals surface area contributed by atoms with Crippen molar-refractivity contribution in [3.63, 3.8) is 0 Å². The second-order valence-corrected chi connectivity index (χ2v) is 5.58. The maximum absolute atomic E-state index is 13.4. The molecule has 0 spiro atoms. The number of halogens is 3. The molecule has 3 aromatic rings. The molecular formula is C16H12F3N5O2. The fraction of sp³-hybridized carbons (Fsp3) is 0.188. The van der Waals surface area contributed by atoms with Gasteiger partial charge in [-0.25, -0.2) is 14.8 Å². The Balaban J connectivity index is 2.20. The fourth-order valence-electron chi connectivity index (χ4n) is 2.19. The number of fused-ring (bicyclic) bond motifs is 1. The lowest BCUT2D eigenvalue weighted by molar-refractivity contribution is -0.192. The van der Waals surface area contributed by atoms with E-state index in [-0.39, 0.29) is 22.5 Å². The Kier molecular flexibility index (Phi) is 4.18. The number of carboxylic acids is 1. The number of pyridine rings is 2. The van der Waals surface area contributed by atoms with E-state index in [2.05, 4.69) is 19.9 Å². The standard InChI is InChI=1S/C16H12F3N5O2/c1-15(14(25)26,16(17,18)19)24-13-10-4-7-21-8-11(10)22-12(23-13)9-2-5-20-6-3-9/h2-8H,1H3,(H,25,26)(H,22,23,24)/t15-/m1/s1. The lowest BCUT2D eigenvalue weighted by Gasteiger charge is -2.29. The molecule has 134 valence electrons. The molecule has 3 aromatic heterocycles. The third-order valence-electron chi connectivity index (χ3n) is 3.80. The van der Waals surface area contributed by atoms with Crippen molar-refractivity contribution < 1.29 is 23.1 Å². The number of aliphatic carboxylic acids is 1. The van der Waals surface area contributed by atoms with Crippen LogP contribution in [0.5, 0.6) is 0 Å². The van der Waals surface area contributed by atoms with E-state index in [9.17, 15) is 18.0 Å². The molecule has 2 N–H and O–H groups in total. The van der Waals surface area contributed by atoms with Crippen molar-refractivity contribution >= 4 is 22.7 Å². The van der Waals surface area contributed by atoms with Gasteiger partial charge in [0.15, 0.2) is 5.82 Å². The van der Waals surface area contributed by atoms with E-state index in [1.807, 2.05) is 5.32 Å². The number of anilines is 1. The predicted molar refractivity (Wildman–Crippen MR) is 86.3 cm³/mol. The summed E-state index contributed by atoms with van der Waals surface area (Å²) in [5.74, 6) is -2.21. The average molecular weight is 363 g/mol. The first-order valence-electron chi connectivity index (χ1n) is 7.33. The summed E-state index contributed by atoms with van der Waals surface area (Å²) < 4.78 is 40.1. The number of hydrogen-bond acceptors (Lipinski definition) is 6. The van der Waals surface area contributed by atoms with Gasteiger partial charge in [-0.1, -0.05) is 0 Å². The van der Waals surface area contributed by atoms with Crippen LogP contribution in [-0.2, 0) is 4.79 Å². The van der Waals surface area contributed by atoms with Crippen molar-refractivity contribution in [3.05, 3.63) is 43.0 Å². The predicted octanol–water partition coefficient (Wildman–Crippen LogP) is 2.90. The zero-order valence-electron chi connectivity index (χ0n) is 13.3. The number of aromatic nitrogens is 4. The molecule has 0 amide bonds. The van der Waals surface area contributed by atoms with Gasteiger partial charge in [-0.2, -0.15) is 13.2 Å². The van der Waals surface area contributed by atoms with Crippen LogP contribution in [0.2, 0.25) is 0 Å². The molecule has 0 aliphatic rings. The van der Waals surface area contributed by atoms with Gasteiger partial charge < -0.3 is 10.4 Å². The van der Waals surface area contributed by atoms with Gasteiger partial charge in [0, 0.05) is 29.5 Å². The Morgan fingerprint density at radius 3 is 2.35 bits per heavy atom. The zero-order valence-corrected chi connectivity index (χ0v) is 13.3. The number of carbonyl (C=O) groups is 1. The van der Waals surface area contributed by atoms with Crippen molar-refractivity contribution in [1.29, 1.82) is 0 Å². The summed E-state index contributed by atoms with van der Waals surface area (Å²) in [4.78, 5) is 27.5. The van der Waals surface area contributed by atoms with Gasteiger partial charge in [0.1, 0.15) is 5.82 Å². The van der Waals surface area contributed by atoms with E-state index in [1.54, 1.807) is 12.1 Å². The fourth-order valence-corrected chi connectivity index (χ4v) is 2.19. The van der Waals surface area contributed by atoms with Crippen molar-refractivity contribution in [2.75, 3.05) is 5.32 Å². The molecule has 0 saturated heterocycles. The maximum Gasteiger partial charge on any atom is 0.422 e. The molecule has 7 nitrogen and oxygen atoms in total. The van der Waals surface area contributed by atoms with Crippen molar-refractivity contribution in [1.82, 2.24) is 19.9 Å². The van der Waals surface area contributed by atoms with E-state index in [0.29, 0.717) is 12.5 Å². The van der Waals surface area contributed by atoms with Crippen LogP contribution in [0.15, 0.2) is 43.0 Å². The normalized spacial score (nSPS) is 14.0. The molecule has 26 heavy (non-hydrogen) atoms. The number of rotatable bonds is 4. The molecule has 0 unspecified atom stereocenters. The van der Waals surface area contributed by atoms with Gasteiger partial charge >= 0.3 is 12.1 Å². The minimum atomic E-state index is -5.06. The molecule has 1 atom stereocenters. The molecule has 0 bridgehead atoms. The van der Waals surface area contributed by atoms with Gasteiger partial charge in [0.05, 0.1) is 11.7 Å². The highest BCUT2D eigenvalue weighted by molar-refractivity contribution is 5.93. The van der Waals surface area contributed by atoms with Crippen LogP contribution in [0.1, 0.15) is 6.92 Å². The van der Waals surface area contributed by atoms with Crippen molar-refractivity contribution in [2.45, 2.75) is 18.6 Å². The average Bonchev–Trinajstić information content (AvgIpc) is 2.61. The van der Waals surface area contributed by atoms with Crippen LogP contribution < -0.4 is 5.32 Å². The van der Waals surface area contributed by atoms with Crippen molar-refractivity contribution in [2.24, 2.45) is 0 Å². The van der Waals surface area contributed by atoms with Crippen molar-refractivity contribution in [3.8, 4) is 11.4 Å². The minimum absolute atomic E-state index is 0.116. The summed E-state index contributed by atoms with van der Waals surface area (Å²) in [6.45, 7) is 0.538. The quantitative estimate of drug-likeness (QED) is 0.735. The molecule has 0 saturated carbocycles. The van der Waals surface area contributed by atoms with Crippen LogP contribution in [0, 0.1) is 0 Å². The first kappa shape index (κ1) is 17.5. The van der Waals surface area contributed by atoms with E-state index < -0.39 is 17.7 Å². The lowest BCUT2D eigenvalue weighted by Crippen LogP contribution is -2.55. The summed E-state index contributed by atoms with van der Waals surface area (Å²) in [6, 6.07) is 4.58. The van der Waals surface area contributed by atoms with E-state index in [4.69, 9.17) is 5.11 Å². The van der Waals surface area contributed by atoms with Crippen LogP contribution >= 0.6 is 0 Å². The Hall–Kier alpha value is -3.30. The summed E-state index contributed by atoms with van der Waals surface area (Å²) in [5.41, 5.74) is -2.45. The van der Waals surface area contributed by atoms with E-state index >= 15 is 0 Å². The van der Waals surface area contributed by atoms with Gasteiger partial charge in [0.25, 0.3) is 0 Å². The van der Waals surface area contributed by atoms with Gasteiger partial charge in [-0.3, -0.25) is 9.97 Å². The number of hydrogen-bond donors (Lipinski definition) is 2. The molecule has 0 aliphatic carbocycles. The van der Waals surface area contributed by atoms with Crippen LogP contribution in [-0.4, -0.2) is 42.7 Å². The molecule has 3 rings (SSSR count). The Bertz CT molecular complexity index is 965. The monoisotopic (exact) mass is 363 g/mol. The highest BCUT2D eigenvalue weighted by atomic mass is 19.4. The topological polar surface area (TPSA) is 101 Å². The summed E-state index contributed by atoms with van der Waals surface area (Å²) in [5, 5.41) is 11.4. The minimum Gasteiger partial charge on any atom is -0.479 e. The van der Waals surface area contributed by atoms with Crippen LogP contribution in [0.25, 0.3) is 22.3 Å². The first-order valence-corrected chi connectivity index (χ1v) is 7.33. The largest absolute Gasteiger partial charge is 0.479 e. The number of nitrogens with zero attached hydrogens (tertiary/aromatic N) is 4. The van der Waals surface area contributed by atoms with E-state index in [1.165, 1.54) is 30.9 Å². The second kappa shape index (κ2) is 6.21. The highest BCUT2D eigenvalue weighted by Crippen LogP contribution is 2.35. The smallest absolute Gasteiger partial charge is 0.422 e. The zero-order chi connectivity index (χ0) is 18.9. The third kappa shape index (κ3) is 3.01. The maximum atomic E-state index is 13.4.